The van der Waals surface area contributed by atoms with Gasteiger partial charge in [0.15, 0.2) is 0 Å². The van der Waals surface area contributed by atoms with E-state index < -0.39 is 0 Å². The number of rotatable bonds is 5. The van der Waals surface area contributed by atoms with Crippen LogP contribution in [0.3, 0.4) is 0 Å². The molecule has 0 unspecified atom stereocenters. The zero-order chi connectivity index (χ0) is 20.5. The number of piperazine rings is 1. The number of halogens is 1. The Kier molecular flexibility index (Phi) is 5.32. The number of pyridine rings is 1. The molecule has 2 fully saturated rings. The summed E-state index contributed by atoms with van der Waals surface area (Å²) in [5.41, 5.74) is 3.18. The Balaban J connectivity index is 1.30. The van der Waals surface area contributed by atoms with Crippen LogP contribution < -0.4 is 10.2 Å². The van der Waals surface area contributed by atoms with Gasteiger partial charge in [0, 0.05) is 49.5 Å². The molecule has 30 heavy (non-hydrogen) atoms. The topological polar surface area (TPSA) is 48.5 Å². The van der Waals surface area contributed by atoms with Gasteiger partial charge in [0.25, 0.3) is 5.91 Å². The van der Waals surface area contributed by atoms with Crippen molar-refractivity contribution in [3.63, 3.8) is 0 Å². The van der Waals surface area contributed by atoms with Crippen LogP contribution in [0.2, 0.25) is 5.15 Å². The fourth-order valence-corrected chi connectivity index (χ4v) is 4.36. The van der Waals surface area contributed by atoms with Gasteiger partial charge < -0.3 is 10.2 Å². The van der Waals surface area contributed by atoms with Crippen LogP contribution in [0.15, 0.2) is 54.6 Å². The molecule has 6 heteroatoms. The molecule has 154 valence electrons. The molecule has 0 atom stereocenters. The van der Waals surface area contributed by atoms with Gasteiger partial charge in [0.2, 0.25) is 0 Å². The van der Waals surface area contributed by atoms with Gasteiger partial charge in [-0.1, -0.05) is 35.9 Å². The summed E-state index contributed by atoms with van der Waals surface area (Å²) in [5, 5.41) is 4.15. The quantitative estimate of drug-likeness (QED) is 0.609. The highest BCUT2D eigenvalue weighted by Crippen LogP contribution is 2.30. The highest BCUT2D eigenvalue weighted by Gasteiger charge is 2.26. The normalized spacial score (nSPS) is 17.3. The van der Waals surface area contributed by atoms with Crippen molar-refractivity contribution >= 4 is 39.8 Å². The monoisotopic (exact) mass is 420 g/mol. The molecule has 1 amide bonds. The number of carbonyl (C=O) groups is 1. The Morgan fingerprint density at radius 2 is 1.83 bits per heavy atom. The summed E-state index contributed by atoms with van der Waals surface area (Å²) < 4.78 is 0. The van der Waals surface area contributed by atoms with E-state index in [0.29, 0.717) is 16.2 Å². The van der Waals surface area contributed by atoms with Crippen LogP contribution in [0.25, 0.3) is 10.9 Å². The van der Waals surface area contributed by atoms with Crippen LogP contribution in [0.1, 0.15) is 23.2 Å². The van der Waals surface area contributed by atoms with Gasteiger partial charge in [0.05, 0.1) is 11.1 Å². The first-order chi connectivity index (χ1) is 14.7. The molecule has 5 nitrogen and oxygen atoms in total. The van der Waals surface area contributed by atoms with Gasteiger partial charge in [-0.3, -0.25) is 9.69 Å². The van der Waals surface area contributed by atoms with Crippen molar-refractivity contribution in [1.82, 2.24) is 9.88 Å². The molecule has 1 saturated carbocycles. The maximum atomic E-state index is 13.0. The maximum Gasteiger partial charge on any atom is 0.256 e. The molecule has 0 spiro atoms. The molecular weight excluding hydrogens is 396 g/mol. The molecule has 1 aliphatic heterocycles. The highest BCUT2D eigenvalue weighted by molar-refractivity contribution is 6.30. The van der Waals surface area contributed by atoms with Crippen LogP contribution in [0.5, 0.6) is 0 Å². The van der Waals surface area contributed by atoms with Crippen LogP contribution in [0.4, 0.5) is 11.4 Å². The molecule has 1 saturated heterocycles. The predicted octanol–water partition coefficient (Wildman–Crippen LogP) is 4.67. The average Bonchev–Trinajstić information content (AvgIpc) is 3.58. The summed E-state index contributed by atoms with van der Waals surface area (Å²) in [4.78, 5) is 22.3. The second-order valence-electron chi connectivity index (χ2n) is 8.25. The first-order valence-electron chi connectivity index (χ1n) is 10.6. The minimum Gasteiger partial charge on any atom is -0.369 e. The molecule has 5 rings (SSSR count). The first kappa shape index (κ1) is 19.3. The molecular formula is C24H25ClN4O. The predicted molar refractivity (Wildman–Crippen MR) is 123 cm³/mol. The second-order valence-corrected chi connectivity index (χ2v) is 8.63. The van der Waals surface area contributed by atoms with Gasteiger partial charge in [-0.25, -0.2) is 4.98 Å². The number of anilines is 2. The Bertz CT molecular complexity index is 1070. The van der Waals surface area contributed by atoms with E-state index in [-0.39, 0.29) is 5.91 Å². The third-order valence-corrected chi connectivity index (χ3v) is 6.18. The summed E-state index contributed by atoms with van der Waals surface area (Å²) in [6, 6.07) is 17.3. The van der Waals surface area contributed by atoms with E-state index in [2.05, 4.69) is 32.2 Å². The Morgan fingerprint density at radius 3 is 2.63 bits per heavy atom. The Morgan fingerprint density at radius 1 is 1.03 bits per heavy atom. The third-order valence-electron chi connectivity index (χ3n) is 5.98. The number of hydrogen-bond acceptors (Lipinski definition) is 4. The van der Waals surface area contributed by atoms with Gasteiger partial charge >= 0.3 is 0 Å². The second kappa shape index (κ2) is 8.25. The fraction of sp³-hybridized carbons (Fsp3) is 0.333. The van der Waals surface area contributed by atoms with E-state index in [1.807, 2.05) is 36.4 Å². The lowest BCUT2D eigenvalue weighted by atomic mass is 10.1. The summed E-state index contributed by atoms with van der Waals surface area (Å²) in [5.74, 6) is 0.759. The number of para-hydroxylation sites is 1. The Hall–Kier alpha value is -2.63. The van der Waals surface area contributed by atoms with Crippen LogP contribution in [0, 0.1) is 5.92 Å². The summed E-state index contributed by atoms with van der Waals surface area (Å²) in [7, 11) is 0. The summed E-state index contributed by atoms with van der Waals surface area (Å²) in [6.45, 7) is 5.51. The molecule has 1 aliphatic carbocycles. The zero-order valence-electron chi connectivity index (χ0n) is 16.9. The number of fused-ring (bicyclic) bond motifs is 1. The average molecular weight is 421 g/mol. The number of carbonyl (C=O) groups excluding carboxylic acids is 1. The number of nitrogens with one attached hydrogen (secondary N) is 1. The van der Waals surface area contributed by atoms with Crippen molar-refractivity contribution in [3.05, 3.63) is 65.3 Å². The maximum absolute atomic E-state index is 13.0. The van der Waals surface area contributed by atoms with Crippen LogP contribution in [-0.4, -0.2) is 48.5 Å². The third kappa shape index (κ3) is 4.27. The van der Waals surface area contributed by atoms with Gasteiger partial charge in [-0.05, 0) is 49.1 Å². The number of amides is 1. The number of nitrogens with zero attached hydrogens (tertiary/aromatic N) is 3. The molecule has 2 aromatic carbocycles. The molecule has 2 heterocycles. The van der Waals surface area contributed by atoms with Gasteiger partial charge in [-0.15, -0.1) is 0 Å². The van der Waals surface area contributed by atoms with E-state index in [9.17, 15) is 4.79 Å². The number of benzene rings is 2. The zero-order valence-corrected chi connectivity index (χ0v) is 17.6. The first-order valence-corrected chi connectivity index (χ1v) is 11.0. The summed E-state index contributed by atoms with van der Waals surface area (Å²) in [6.07, 6.45) is 2.81. The summed E-state index contributed by atoms with van der Waals surface area (Å²) >= 11 is 6.14. The highest BCUT2D eigenvalue weighted by atomic mass is 35.5. The van der Waals surface area contributed by atoms with Gasteiger partial charge in [0.1, 0.15) is 5.15 Å². The molecule has 0 radical (unpaired) electrons. The smallest absolute Gasteiger partial charge is 0.256 e. The molecule has 3 aromatic rings. The Labute approximate surface area is 181 Å². The standard InChI is InChI=1S/C24H25ClN4O/c25-23-15-21(20-6-1-2-7-22(20)27-23)24(30)26-18-4-3-5-19(14-18)29-12-10-28(11-13-29)16-17-8-9-17/h1-7,14-15,17H,8-13,16H2,(H,26,30). The van der Waals surface area contributed by atoms with Gasteiger partial charge in [-0.2, -0.15) is 0 Å². The molecule has 1 aromatic heterocycles. The molecule has 0 bridgehead atoms. The lowest BCUT2D eigenvalue weighted by molar-refractivity contribution is 0.102. The minimum atomic E-state index is -0.179. The van der Waals surface area contributed by atoms with E-state index >= 15 is 0 Å². The van der Waals surface area contributed by atoms with Crippen molar-refractivity contribution in [2.75, 3.05) is 42.9 Å². The van der Waals surface area contributed by atoms with Crippen molar-refractivity contribution in [3.8, 4) is 0 Å². The van der Waals surface area contributed by atoms with E-state index in [4.69, 9.17) is 11.6 Å². The van der Waals surface area contributed by atoms with Crippen molar-refractivity contribution in [2.24, 2.45) is 5.92 Å². The fourth-order valence-electron chi connectivity index (χ4n) is 4.16. The van der Waals surface area contributed by atoms with Crippen molar-refractivity contribution in [2.45, 2.75) is 12.8 Å². The lowest BCUT2D eigenvalue weighted by Gasteiger charge is -2.36. The number of hydrogen-bond donors (Lipinski definition) is 1. The lowest BCUT2D eigenvalue weighted by Crippen LogP contribution is -2.47. The van der Waals surface area contributed by atoms with E-state index in [0.717, 1.165) is 48.9 Å². The van der Waals surface area contributed by atoms with Crippen molar-refractivity contribution < 1.29 is 4.79 Å². The largest absolute Gasteiger partial charge is 0.369 e. The van der Waals surface area contributed by atoms with E-state index in [1.165, 1.54) is 19.4 Å². The van der Waals surface area contributed by atoms with Crippen LogP contribution >= 0.6 is 11.6 Å². The molecule has 2 aliphatic rings. The molecule has 1 N–H and O–H groups in total. The van der Waals surface area contributed by atoms with Crippen molar-refractivity contribution in [1.29, 1.82) is 0 Å². The number of aromatic nitrogens is 1. The van der Waals surface area contributed by atoms with E-state index in [1.54, 1.807) is 6.07 Å². The minimum absolute atomic E-state index is 0.179. The SMILES string of the molecule is O=C(Nc1cccc(N2CCN(CC3CC3)CC2)c1)c1cc(Cl)nc2ccccc12. The van der Waals surface area contributed by atoms with Crippen LogP contribution in [-0.2, 0) is 0 Å².